The SMILES string of the molecule is Clc1ccc(Sc2c(-c3ccc(Cl)cc3)[nH]c3ccc(Cl)cc23)cc1. The molecule has 0 saturated heterocycles. The van der Waals surface area contributed by atoms with Gasteiger partial charge in [-0.2, -0.15) is 0 Å². The van der Waals surface area contributed by atoms with Gasteiger partial charge in [-0.05, 0) is 60.2 Å². The molecule has 4 rings (SSSR count). The predicted octanol–water partition coefficient (Wildman–Crippen LogP) is 7.95. The highest BCUT2D eigenvalue weighted by Gasteiger charge is 2.15. The molecule has 0 aliphatic carbocycles. The first-order valence-electron chi connectivity index (χ1n) is 7.61. The molecule has 0 fully saturated rings. The van der Waals surface area contributed by atoms with Crippen LogP contribution in [0, 0.1) is 0 Å². The van der Waals surface area contributed by atoms with E-state index in [4.69, 9.17) is 34.8 Å². The van der Waals surface area contributed by atoms with Crippen LogP contribution in [-0.4, -0.2) is 4.98 Å². The first kappa shape index (κ1) is 16.9. The molecule has 5 heteroatoms. The molecule has 1 aromatic heterocycles. The predicted molar refractivity (Wildman–Crippen MR) is 109 cm³/mol. The fourth-order valence-electron chi connectivity index (χ4n) is 2.69. The van der Waals surface area contributed by atoms with E-state index in [1.54, 1.807) is 11.8 Å². The van der Waals surface area contributed by atoms with Gasteiger partial charge < -0.3 is 4.98 Å². The molecule has 4 aromatic rings. The number of halogens is 3. The van der Waals surface area contributed by atoms with Gasteiger partial charge in [0, 0.05) is 35.8 Å². The fourth-order valence-corrected chi connectivity index (χ4v) is 4.17. The van der Waals surface area contributed by atoms with Gasteiger partial charge in [-0.1, -0.05) is 58.7 Å². The highest BCUT2D eigenvalue weighted by atomic mass is 35.5. The summed E-state index contributed by atoms with van der Waals surface area (Å²) in [5.74, 6) is 0. The fraction of sp³-hybridized carbons (Fsp3) is 0. The van der Waals surface area contributed by atoms with Crippen molar-refractivity contribution in [2.75, 3.05) is 0 Å². The van der Waals surface area contributed by atoms with E-state index in [0.717, 1.165) is 42.0 Å². The number of hydrogen-bond acceptors (Lipinski definition) is 1. The van der Waals surface area contributed by atoms with Crippen LogP contribution >= 0.6 is 46.6 Å². The number of H-pyrrole nitrogens is 1. The molecule has 3 aromatic carbocycles. The van der Waals surface area contributed by atoms with Gasteiger partial charge in [-0.3, -0.25) is 0 Å². The zero-order chi connectivity index (χ0) is 17.4. The molecule has 124 valence electrons. The van der Waals surface area contributed by atoms with Crippen molar-refractivity contribution < 1.29 is 0 Å². The lowest BCUT2D eigenvalue weighted by Gasteiger charge is -2.06. The molecule has 0 spiro atoms. The maximum atomic E-state index is 6.23. The van der Waals surface area contributed by atoms with E-state index in [-0.39, 0.29) is 0 Å². The molecule has 0 aliphatic rings. The Hall–Kier alpha value is -1.58. The molecule has 0 aliphatic heterocycles. The van der Waals surface area contributed by atoms with Gasteiger partial charge in [0.1, 0.15) is 0 Å². The molecule has 25 heavy (non-hydrogen) atoms. The molecule has 1 heterocycles. The lowest BCUT2D eigenvalue weighted by atomic mass is 10.1. The number of aromatic nitrogens is 1. The zero-order valence-electron chi connectivity index (χ0n) is 12.9. The van der Waals surface area contributed by atoms with Gasteiger partial charge in [0.2, 0.25) is 0 Å². The van der Waals surface area contributed by atoms with Crippen LogP contribution < -0.4 is 0 Å². The third-order valence-electron chi connectivity index (χ3n) is 3.88. The van der Waals surface area contributed by atoms with Crippen LogP contribution in [0.4, 0.5) is 0 Å². The van der Waals surface area contributed by atoms with E-state index in [0.29, 0.717) is 5.02 Å². The zero-order valence-corrected chi connectivity index (χ0v) is 16.0. The van der Waals surface area contributed by atoms with Crippen LogP contribution in [0.3, 0.4) is 0 Å². The van der Waals surface area contributed by atoms with E-state index in [9.17, 15) is 0 Å². The highest BCUT2D eigenvalue weighted by molar-refractivity contribution is 7.99. The van der Waals surface area contributed by atoms with Crippen LogP contribution in [0.2, 0.25) is 15.1 Å². The van der Waals surface area contributed by atoms with Crippen molar-refractivity contribution in [3.05, 3.63) is 81.8 Å². The first-order chi connectivity index (χ1) is 12.1. The Morgan fingerprint density at radius 3 is 1.96 bits per heavy atom. The van der Waals surface area contributed by atoms with Crippen molar-refractivity contribution in [1.29, 1.82) is 0 Å². The van der Waals surface area contributed by atoms with E-state index in [2.05, 4.69) is 4.98 Å². The number of aromatic amines is 1. The number of rotatable bonds is 3. The summed E-state index contributed by atoms with van der Waals surface area (Å²) in [6.45, 7) is 0. The Morgan fingerprint density at radius 2 is 1.28 bits per heavy atom. The Balaban J connectivity index is 1.89. The summed E-state index contributed by atoms with van der Waals surface area (Å²) in [5, 5.41) is 3.25. The van der Waals surface area contributed by atoms with Crippen molar-refractivity contribution in [3.63, 3.8) is 0 Å². The highest BCUT2D eigenvalue weighted by Crippen LogP contribution is 2.42. The quantitative estimate of drug-likeness (QED) is 0.366. The van der Waals surface area contributed by atoms with Crippen LogP contribution in [0.15, 0.2) is 76.5 Å². The molecule has 0 radical (unpaired) electrons. The molecule has 1 N–H and O–H groups in total. The van der Waals surface area contributed by atoms with Gasteiger partial charge in [0.25, 0.3) is 0 Å². The Morgan fingerprint density at radius 1 is 0.680 bits per heavy atom. The summed E-state index contributed by atoms with van der Waals surface area (Å²) in [5.41, 5.74) is 3.17. The molecule has 1 nitrogen and oxygen atoms in total. The average molecular weight is 405 g/mol. The van der Waals surface area contributed by atoms with Gasteiger partial charge in [0.15, 0.2) is 0 Å². The van der Waals surface area contributed by atoms with E-state index in [1.807, 2.05) is 66.7 Å². The third-order valence-corrected chi connectivity index (χ3v) is 5.75. The summed E-state index contributed by atoms with van der Waals surface area (Å²) in [6.07, 6.45) is 0. The summed E-state index contributed by atoms with van der Waals surface area (Å²) in [6, 6.07) is 21.5. The lowest BCUT2D eigenvalue weighted by molar-refractivity contribution is 1.38. The molecule has 0 saturated carbocycles. The molecule has 0 bridgehead atoms. The van der Waals surface area contributed by atoms with Gasteiger partial charge >= 0.3 is 0 Å². The molecular formula is C20H12Cl3NS. The Bertz CT molecular complexity index is 1040. The Labute approximate surface area is 164 Å². The molecule has 0 atom stereocenters. The van der Waals surface area contributed by atoms with Crippen LogP contribution in [0.25, 0.3) is 22.2 Å². The Kier molecular flexibility index (Phi) is 4.70. The number of fused-ring (bicyclic) bond motifs is 1. The molecule has 0 unspecified atom stereocenters. The number of benzene rings is 3. The van der Waals surface area contributed by atoms with Crippen molar-refractivity contribution in [3.8, 4) is 11.3 Å². The standard InChI is InChI=1S/C20H12Cl3NS/c21-13-3-1-12(2-4-13)19-20(25-16-8-5-14(22)6-9-16)17-11-15(23)7-10-18(17)24-19/h1-11,24H. The normalized spacial score (nSPS) is 11.2. The minimum atomic E-state index is 0.715. The molecule has 0 amide bonds. The number of hydrogen-bond donors (Lipinski definition) is 1. The lowest BCUT2D eigenvalue weighted by Crippen LogP contribution is -1.81. The van der Waals surface area contributed by atoms with E-state index < -0.39 is 0 Å². The first-order valence-corrected chi connectivity index (χ1v) is 9.56. The van der Waals surface area contributed by atoms with E-state index >= 15 is 0 Å². The van der Waals surface area contributed by atoms with Crippen LogP contribution in [0.5, 0.6) is 0 Å². The molecular weight excluding hydrogens is 393 g/mol. The second-order valence-electron chi connectivity index (χ2n) is 5.58. The van der Waals surface area contributed by atoms with Crippen LogP contribution in [0.1, 0.15) is 0 Å². The van der Waals surface area contributed by atoms with Crippen molar-refractivity contribution in [1.82, 2.24) is 4.98 Å². The average Bonchev–Trinajstić information content (AvgIpc) is 2.95. The monoisotopic (exact) mass is 403 g/mol. The summed E-state index contributed by atoms with van der Waals surface area (Å²) >= 11 is 20.0. The van der Waals surface area contributed by atoms with Crippen molar-refractivity contribution in [2.45, 2.75) is 9.79 Å². The topological polar surface area (TPSA) is 15.8 Å². The minimum absolute atomic E-state index is 0.715. The largest absolute Gasteiger partial charge is 0.354 e. The third kappa shape index (κ3) is 3.54. The minimum Gasteiger partial charge on any atom is -0.354 e. The second-order valence-corrected chi connectivity index (χ2v) is 7.97. The maximum absolute atomic E-state index is 6.23. The summed E-state index contributed by atoms with van der Waals surface area (Å²) in [7, 11) is 0. The van der Waals surface area contributed by atoms with Crippen molar-refractivity contribution in [2.24, 2.45) is 0 Å². The maximum Gasteiger partial charge on any atom is 0.0606 e. The van der Waals surface area contributed by atoms with Gasteiger partial charge in [-0.15, -0.1) is 0 Å². The summed E-state index contributed by atoms with van der Waals surface area (Å²) in [4.78, 5) is 5.75. The second kappa shape index (κ2) is 6.97. The smallest absolute Gasteiger partial charge is 0.0606 e. The van der Waals surface area contributed by atoms with Gasteiger partial charge in [-0.25, -0.2) is 0 Å². The number of nitrogens with one attached hydrogen (secondary N) is 1. The van der Waals surface area contributed by atoms with E-state index in [1.165, 1.54) is 0 Å². The van der Waals surface area contributed by atoms with Crippen LogP contribution in [-0.2, 0) is 0 Å². The summed E-state index contributed by atoms with van der Waals surface area (Å²) < 4.78 is 0. The van der Waals surface area contributed by atoms with Crippen molar-refractivity contribution >= 4 is 57.5 Å². The van der Waals surface area contributed by atoms with Gasteiger partial charge in [0.05, 0.1) is 5.69 Å².